The number of ether oxygens (including phenoxy) is 3. The molecule has 35 heavy (non-hydrogen) atoms. The summed E-state index contributed by atoms with van der Waals surface area (Å²) in [5.74, 6) is 0.275. The quantitative estimate of drug-likeness (QED) is 0.352. The number of Topliss-reactive ketones (excluding diaryl/α,β-unsaturated/α-hetero) is 1. The third kappa shape index (κ3) is 4.71. The van der Waals surface area contributed by atoms with Crippen LogP contribution in [0.2, 0.25) is 0 Å². The highest BCUT2D eigenvalue weighted by atomic mass is 16.5. The number of benzene rings is 2. The lowest BCUT2D eigenvalue weighted by atomic mass is 9.94. The first-order valence-electron chi connectivity index (χ1n) is 11.7. The minimum atomic E-state index is -0.750. The van der Waals surface area contributed by atoms with Crippen LogP contribution in [0.5, 0.6) is 17.2 Å². The van der Waals surface area contributed by atoms with Crippen LogP contribution in [-0.4, -0.2) is 74.1 Å². The summed E-state index contributed by atoms with van der Waals surface area (Å²) in [5, 5.41) is 11.4. The number of carbonyl (C=O) groups is 2. The molecule has 2 heterocycles. The number of hydrogen-bond acceptors (Lipinski definition) is 7. The van der Waals surface area contributed by atoms with Crippen molar-refractivity contribution in [2.45, 2.75) is 31.9 Å². The number of nitrogens with zero attached hydrogens (tertiary/aromatic N) is 2. The molecule has 2 aliphatic rings. The van der Waals surface area contributed by atoms with Gasteiger partial charge in [-0.1, -0.05) is 6.07 Å². The van der Waals surface area contributed by atoms with Gasteiger partial charge in [-0.3, -0.25) is 9.59 Å². The topological polar surface area (TPSA) is 88.5 Å². The highest BCUT2D eigenvalue weighted by Gasteiger charge is 2.46. The Labute approximate surface area is 205 Å². The molecule has 2 aromatic rings. The lowest BCUT2D eigenvalue weighted by molar-refractivity contribution is -0.139. The zero-order chi connectivity index (χ0) is 25.3. The average molecular weight is 481 g/mol. The van der Waals surface area contributed by atoms with Crippen LogP contribution in [-0.2, 0) is 16.0 Å². The molecule has 2 aromatic carbocycles. The van der Waals surface area contributed by atoms with Crippen LogP contribution in [0.25, 0.3) is 5.76 Å². The van der Waals surface area contributed by atoms with E-state index in [0.717, 1.165) is 17.9 Å². The summed E-state index contributed by atoms with van der Waals surface area (Å²) >= 11 is 0. The van der Waals surface area contributed by atoms with Crippen LogP contribution in [0.3, 0.4) is 0 Å². The molecule has 1 saturated heterocycles. The predicted molar refractivity (Wildman–Crippen MR) is 132 cm³/mol. The largest absolute Gasteiger partial charge is 0.507 e. The van der Waals surface area contributed by atoms with E-state index in [0.29, 0.717) is 42.0 Å². The Balaban J connectivity index is 1.81. The van der Waals surface area contributed by atoms with Crippen LogP contribution in [0.4, 0.5) is 0 Å². The zero-order valence-corrected chi connectivity index (χ0v) is 20.8. The monoisotopic (exact) mass is 480 g/mol. The molecule has 0 aliphatic carbocycles. The molecule has 1 fully saturated rings. The summed E-state index contributed by atoms with van der Waals surface area (Å²) in [7, 11) is 6.99. The number of methoxy groups -OCH3 is 2. The first-order chi connectivity index (χ1) is 16.7. The van der Waals surface area contributed by atoms with Crippen LogP contribution >= 0.6 is 0 Å². The molecule has 0 unspecified atom stereocenters. The van der Waals surface area contributed by atoms with E-state index in [1.165, 1.54) is 12.0 Å². The Morgan fingerprint density at radius 1 is 1.11 bits per heavy atom. The minimum absolute atomic E-state index is 0.0523. The second kappa shape index (κ2) is 10.00. The lowest BCUT2D eigenvalue weighted by Gasteiger charge is -2.26. The molecule has 4 rings (SSSR count). The Morgan fingerprint density at radius 3 is 2.54 bits per heavy atom. The van der Waals surface area contributed by atoms with Crippen molar-refractivity contribution in [3.63, 3.8) is 0 Å². The molecule has 2 atom stereocenters. The highest BCUT2D eigenvalue weighted by molar-refractivity contribution is 6.46. The van der Waals surface area contributed by atoms with Crippen LogP contribution in [0, 0.1) is 0 Å². The summed E-state index contributed by atoms with van der Waals surface area (Å²) < 4.78 is 16.6. The van der Waals surface area contributed by atoms with Gasteiger partial charge in [0, 0.05) is 18.5 Å². The van der Waals surface area contributed by atoms with Gasteiger partial charge in [0.1, 0.15) is 17.6 Å². The fourth-order valence-electron chi connectivity index (χ4n) is 4.76. The number of carbonyl (C=O) groups excluding carboxylic acids is 2. The van der Waals surface area contributed by atoms with Crippen molar-refractivity contribution in [1.29, 1.82) is 0 Å². The smallest absolute Gasteiger partial charge is 0.295 e. The van der Waals surface area contributed by atoms with Crippen molar-refractivity contribution in [1.82, 2.24) is 9.80 Å². The normalized spacial score (nSPS) is 20.8. The number of fused-ring (bicyclic) bond motifs is 1. The molecule has 0 bridgehead atoms. The highest BCUT2D eigenvalue weighted by Crippen LogP contribution is 2.42. The van der Waals surface area contributed by atoms with Gasteiger partial charge in [-0.05, 0) is 75.4 Å². The molecule has 2 aliphatic heterocycles. The maximum Gasteiger partial charge on any atom is 0.295 e. The standard InChI is InChI=1S/C27H32N2O6/c1-16-13-19-14-18(8-9-20(19)35-16)25(30)23-24(17-7-10-21(33-4)22(15-17)34-5)29(27(32)26(23)31)12-6-11-28(2)3/h7-10,14-16,24,30H,6,11-13H2,1-5H3/t16-,24-/m1/s1. The Hall–Kier alpha value is -3.52. The molecule has 1 N–H and O–H groups in total. The van der Waals surface area contributed by atoms with Gasteiger partial charge in [0.15, 0.2) is 11.5 Å². The number of amides is 1. The summed E-state index contributed by atoms with van der Waals surface area (Å²) in [5.41, 5.74) is 2.17. The first-order valence-corrected chi connectivity index (χ1v) is 11.7. The van der Waals surface area contributed by atoms with E-state index in [1.807, 2.05) is 32.0 Å². The third-order valence-corrected chi connectivity index (χ3v) is 6.44. The van der Waals surface area contributed by atoms with Crippen molar-refractivity contribution in [2.24, 2.45) is 0 Å². The molecular formula is C27H32N2O6. The SMILES string of the molecule is COc1ccc([C@@H]2C(=C(O)c3ccc4c(c3)C[C@@H](C)O4)C(=O)C(=O)N2CCCN(C)C)cc1OC. The van der Waals surface area contributed by atoms with E-state index in [4.69, 9.17) is 14.2 Å². The van der Waals surface area contributed by atoms with Crippen molar-refractivity contribution in [3.8, 4) is 17.2 Å². The minimum Gasteiger partial charge on any atom is -0.507 e. The number of likely N-dealkylation sites (tertiary alicyclic amines) is 1. The van der Waals surface area contributed by atoms with Crippen LogP contribution in [0.15, 0.2) is 42.0 Å². The Bertz CT molecular complexity index is 1170. The summed E-state index contributed by atoms with van der Waals surface area (Å²) in [6, 6.07) is 9.88. The fourth-order valence-corrected chi connectivity index (χ4v) is 4.76. The first kappa shape index (κ1) is 24.6. The number of ketones is 1. The molecule has 0 saturated carbocycles. The molecule has 0 aromatic heterocycles. The number of hydrogen-bond donors (Lipinski definition) is 1. The van der Waals surface area contributed by atoms with Crippen LogP contribution < -0.4 is 14.2 Å². The number of aliphatic hydroxyl groups is 1. The van der Waals surface area contributed by atoms with Crippen molar-refractivity contribution in [3.05, 3.63) is 58.7 Å². The summed E-state index contributed by atoms with van der Waals surface area (Å²) in [6.45, 7) is 3.11. The van der Waals surface area contributed by atoms with Gasteiger partial charge in [-0.25, -0.2) is 0 Å². The van der Waals surface area contributed by atoms with E-state index in [2.05, 4.69) is 0 Å². The van der Waals surface area contributed by atoms with E-state index >= 15 is 0 Å². The van der Waals surface area contributed by atoms with Gasteiger partial charge in [0.05, 0.1) is 25.8 Å². The average Bonchev–Trinajstić information content (AvgIpc) is 3.33. The Kier molecular flexibility index (Phi) is 7.03. The molecule has 0 radical (unpaired) electrons. The zero-order valence-electron chi connectivity index (χ0n) is 20.8. The van der Waals surface area contributed by atoms with Crippen molar-refractivity contribution in [2.75, 3.05) is 41.4 Å². The summed E-state index contributed by atoms with van der Waals surface area (Å²) in [4.78, 5) is 30.0. The maximum atomic E-state index is 13.3. The van der Waals surface area contributed by atoms with Crippen molar-refractivity contribution >= 4 is 17.4 Å². The summed E-state index contributed by atoms with van der Waals surface area (Å²) in [6.07, 6.45) is 1.45. The molecule has 8 heteroatoms. The predicted octanol–water partition coefficient (Wildman–Crippen LogP) is 3.40. The molecule has 186 valence electrons. The fraction of sp³-hybridized carbons (Fsp3) is 0.407. The Morgan fingerprint density at radius 2 is 1.86 bits per heavy atom. The van der Waals surface area contributed by atoms with Crippen LogP contribution in [0.1, 0.15) is 36.1 Å². The second-order valence-electron chi connectivity index (χ2n) is 9.22. The molecule has 1 amide bonds. The van der Waals surface area contributed by atoms with Crippen molar-refractivity contribution < 1.29 is 28.9 Å². The molecule has 8 nitrogen and oxygen atoms in total. The van der Waals surface area contributed by atoms with Gasteiger partial charge in [-0.2, -0.15) is 0 Å². The lowest BCUT2D eigenvalue weighted by Crippen LogP contribution is -2.32. The van der Waals surface area contributed by atoms with E-state index in [9.17, 15) is 14.7 Å². The van der Waals surface area contributed by atoms with Gasteiger partial charge in [-0.15, -0.1) is 0 Å². The van der Waals surface area contributed by atoms with E-state index < -0.39 is 17.7 Å². The number of rotatable bonds is 8. The number of aliphatic hydroxyl groups excluding tert-OH is 1. The third-order valence-electron chi connectivity index (χ3n) is 6.44. The van der Waals surface area contributed by atoms with E-state index in [1.54, 1.807) is 37.4 Å². The van der Waals surface area contributed by atoms with Gasteiger partial charge in [0.2, 0.25) is 0 Å². The molecule has 0 spiro atoms. The second-order valence-corrected chi connectivity index (χ2v) is 9.22. The van der Waals surface area contributed by atoms with Gasteiger partial charge in [0.25, 0.3) is 11.7 Å². The van der Waals surface area contributed by atoms with Gasteiger partial charge >= 0.3 is 0 Å². The molecular weight excluding hydrogens is 448 g/mol. The van der Waals surface area contributed by atoms with E-state index in [-0.39, 0.29) is 17.4 Å². The maximum absolute atomic E-state index is 13.3. The van der Waals surface area contributed by atoms with Gasteiger partial charge < -0.3 is 29.1 Å².